The molecule has 1 fully saturated rings. The first-order valence-corrected chi connectivity index (χ1v) is 3.79. The Hall–Kier alpha value is -0.580. The van der Waals surface area contributed by atoms with Gasteiger partial charge in [-0.3, -0.25) is 4.90 Å². The second kappa shape index (κ2) is 3.43. The zero-order valence-corrected chi connectivity index (χ0v) is 6.47. The van der Waals surface area contributed by atoms with Crippen molar-refractivity contribution in [1.82, 2.24) is 4.90 Å². The number of hydrogen-bond donors (Lipinski definition) is 0. The number of aldehydes is 1. The molecule has 1 heterocycles. The summed E-state index contributed by atoms with van der Waals surface area (Å²) >= 11 is 0. The summed E-state index contributed by atoms with van der Waals surface area (Å²) in [5.74, 6) is 0. The molecule has 1 aliphatic rings. The fourth-order valence-corrected chi connectivity index (χ4v) is 1.43. The maximum atomic E-state index is 11.9. The Bertz CT molecular complexity index is 169. The smallest absolute Gasteiger partial charge is 0.302 e. The molecule has 0 saturated carbocycles. The second-order valence-corrected chi connectivity index (χ2v) is 2.93. The van der Waals surface area contributed by atoms with Gasteiger partial charge in [-0.25, -0.2) is 0 Å². The molecule has 1 unspecified atom stereocenters. The van der Waals surface area contributed by atoms with Crippen molar-refractivity contribution >= 4 is 6.29 Å². The number of hydrogen-bond acceptors (Lipinski definition) is 2. The lowest BCUT2D eigenvalue weighted by atomic mass is 10.2. The molecule has 1 saturated heterocycles. The van der Waals surface area contributed by atoms with Crippen molar-refractivity contribution in [2.75, 3.05) is 13.1 Å². The van der Waals surface area contributed by atoms with Crippen LogP contribution in [-0.2, 0) is 4.79 Å². The monoisotopic (exact) mass is 181 g/mol. The minimum absolute atomic E-state index is 0.378. The Morgan fingerprint density at radius 1 is 1.50 bits per heavy atom. The SMILES string of the molecule is O=CC1CCCN1CC(F)(F)F. The molecule has 0 spiro atoms. The largest absolute Gasteiger partial charge is 0.401 e. The summed E-state index contributed by atoms with van der Waals surface area (Å²) in [5.41, 5.74) is 0. The van der Waals surface area contributed by atoms with Gasteiger partial charge in [-0.05, 0) is 19.4 Å². The lowest BCUT2D eigenvalue weighted by molar-refractivity contribution is -0.148. The van der Waals surface area contributed by atoms with Gasteiger partial charge >= 0.3 is 6.18 Å². The van der Waals surface area contributed by atoms with Crippen molar-refractivity contribution in [2.45, 2.75) is 25.1 Å². The summed E-state index contributed by atoms with van der Waals surface area (Å²) < 4.78 is 35.6. The van der Waals surface area contributed by atoms with Crippen molar-refractivity contribution in [3.05, 3.63) is 0 Å². The van der Waals surface area contributed by atoms with Gasteiger partial charge in [0, 0.05) is 0 Å². The predicted molar refractivity (Wildman–Crippen MR) is 36.7 cm³/mol. The number of likely N-dealkylation sites (tertiary alicyclic amines) is 1. The van der Waals surface area contributed by atoms with Crippen LogP contribution in [0.15, 0.2) is 0 Å². The Balaban J connectivity index is 2.46. The molecule has 0 aromatic carbocycles. The minimum Gasteiger partial charge on any atom is -0.302 e. The van der Waals surface area contributed by atoms with Gasteiger partial charge in [0.1, 0.15) is 6.29 Å². The van der Waals surface area contributed by atoms with E-state index in [1.54, 1.807) is 0 Å². The number of rotatable bonds is 2. The molecule has 0 radical (unpaired) electrons. The summed E-state index contributed by atoms with van der Waals surface area (Å²) in [7, 11) is 0. The maximum absolute atomic E-state index is 11.9. The molecular weight excluding hydrogens is 171 g/mol. The molecule has 0 aliphatic carbocycles. The average molecular weight is 181 g/mol. The van der Waals surface area contributed by atoms with Crippen molar-refractivity contribution in [3.8, 4) is 0 Å². The van der Waals surface area contributed by atoms with Gasteiger partial charge in [-0.1, -0.05) is 0 Å². The number of nitrogens with zero attached hydrogens (tertiary/aromatic N) is 1. The van der Waals surface area contributed by atoms with Crippen molar-refractivity contribution in [3.63, 3.8) is 0 Å². The van der Waals surface area contributed by atoms with Crippen LogP contribution in [0.3, 0.4) is 0 Å². The van der Waals surface area contributed by atoms with Gasteiger partial charge < -0.3 is 4.79 Å². The zero-order valence-electron chi connectivity index (χ0n) is 6.47. The van der Waals surface area contributed by atoms with E-state index in [-0.39, 0.29) is 0 Å². The predicted octanol–water partition coefficient (Wildman–Crippen LogP) is 1.21. The van der Waals surface area contributed by atoms with E-state index in [4.69, 9.17) is 0 Å². The summed E-state index contributed by atoms with van der Waals surface area (Å²) in [4.78, 5) is 11.5. The van der Waals surface area contributed by atoms with E-state index >= 15 is 0 Å². The molecular formula is C7H10F3NO. The molecule has 1 rings (SSSR count). The van der Waals surface area contributed by atoms with Crippen LogP contribution in [0.1, 0.15) is 12.8 Å². The quantitative estimate of drug-likeness (QED) is 0.597. The summed E-state index contributed by atoms with van der Waals surface area (Å²) in [6, 6.07) is -0.522. The number of halogens is 3. The van der Waals surface area contributed by atoms with E-state index in [0.29, 0.717) is 25.7 Å². The highest BCUT2D eigenvalue weighted by molar-refractivity contribution is 5.58. The van der Waals surface area contributed by atoms with Crippen LogP contribution < -0.4 is 0 Å². The third-order valence-electron chi connectivity index (χ3n) is 1.95. The molecule has 1 atom stereocenters. The standard InChI is InChI=1S/C7H10F3NO/c8-7(9,10)5-11-3-1-2-6(11)4-12/h4,6H,1-3,5H2. The van der Waals surface area contributed by atoms with Crippen molar-refractivity contribution < 1.29 is 18.0 Å². The highest BCUT2D eigenvalue weighted by Crippen LogP contribution is 2.22. The summed E-state index contributed by atoms with van der Waals surface area (Å²) in [5, 5.41) is 0. The first kappa shape index (κ1) is 9.51. The Labute approximate surface area is 68.3 Å². The minimum atomic E-state index is -4.19. The molecule has 12 heavy (non-hydrogen) atoms. The first-order valence-electron chi connectivity index (χ1n) is 3.79. The third kappa shape index (κ3) is 2.48. The van der Waals surface area contributed by atoms with E-state index in [0.717, 1.165) is 0 Å². The van der Waals surface area contributed by atoms with Crippen LogP contribution in [0, 0.1) is 0 Å². The van der Waals surface area contributed by atoms with Gasteiger partial charge in [0.2, 0.25) is 0 Å². The van der Waals surface area contributed by atoms with E-state index in [2.05, 4.69) is 0 Å². The second-order valence-electron chi connectivity index (χ2n) is 2.93. The normalized spacial score (nSPS) is 26.1. The molecule has 70 valence electrons. The Morgan fingerprint density at radius 2 is 2.17 bits per heavy atom. The van der Waals surface area contributed by atoms with Crippen molar-refractivity contribution in [1.29, 1.82) is 0 Å². The lowest BCUT2D eigenvalue weighted by Gasteiger charge is -2.20. The van der Waals surface area contributed by atoms with Gasteiger partial charge in [0.15, 0.2) is 0 Å². The van der Waals surface area contributed by atoms with E-state index in [1.807, 2.05) is 0 Å². The van der Waals surface area contributed by atoms with Crippen LogP contribution >= 0.6 is 0 Å². The fourth-order valence-electron chi connectivity index (χ4n) is 1.43. The molecule has 0 N–H and O–H groups in total. The molecule has 2 nitrogen and oxygen atoms in total. The van der Waals surface area contributed by atoms with Gasteiger partial charge in [0.05, 0.1) is 12.6 Å². The lowest BCUT2D eigenvalue weighted by Crippen LogP contribution is -2.38. The number of carbonyl (C=O) groups is 1. The van der Waals surface area contributed by atoms with E-state index < -0.39 is 18.8 Å². The highest BCUT2D eigenvalue weighted by Gasteiger charge is 2.35. The molecule has 0 amide bonds. The number of carbonyl (C=O) groups excluding carboxylic acids is 1. The Morgan fingerprint density at radius 3 is 2.67 bits per heavy atom. The fraction of sp³-hybridized carbons (Fsp3) is 0.857. The Kier molecular flexibility index (Phi) is 2.72. The topological polar surface area (TPSA) is 20.3 Å². The zero-order chi connectivity index (χ0) is 9.19. The van der Waals surface area contributed by atoms with Gasteiger partial charge in [0.25, 0.3) is 0 Å². The van der Waals surface area contributed by atoms with Crippen LogP contribution in [-0.4, -0.2) is 36.5 Å². The van der Waals surface area contributed by atoms with Crippen LogP contribution in [0.5, 0.6) is 0 Å². The van der Waals surface area contributed by atoms with E-state index in [9.17, 15) is 18.0 Å². The molecule has 1 aliphatic heterocycles. The van der Waals surface area contributed by atoms with Crippen LogP contribution in [0.25, 0.3) is 0 Å². The average Bonchev–Trinajstić information content (AvgIpc) is 2.31. The maximum Gasteiger partial charge on any atom is 0.401 e. The highest BCUT2D eigenvalue weighted by atomic mass is 19.4. The molecule has 5 heteroatoms. The third-order valence-corrected chi connectivity index (χ3v) is 1.95. The summed E-state index contributed by atoms with van der Waals surface area (Å²) in [6.45, 7) is -0.584. The van der Waals surface area contributed by atoms with E-state index in [1.165, 1.54) is 4.90 Å². The van der Waals surface area contributed by atoms with Gasteiger partial charge in [-0.15, -0.1) is 0 Å². The number of alkyl halides is 3. The summed E-state index contributed by atoms with van der Waals surface area (Å²) in [6.07, 6.45) is -2.36. The molecule has 0 aromatic rings. The van der Waals surface area contributed by atoms with Crippen LogP contribution in [0.2, 0.25) is 0 Å². The molecule has 0 bridgehead atoms. The van der Waals surface area contributed by atoms with Crippen LogP contribution in [0.4, 0.5) is 13.2 Å². The first-order chi connectivity index (χ1) is 5.53. The van der Waals surface area contributed by atoms with Gasteiger partial charge in [-0.2, -0.15) is 13.2 Å². The molecule has 0 aromatic heterocycles. The van der Waals surface area contributed by atoms with Crippen molar-refractivity contribution in [2.24, 2.45) is 0 Å².